The van der Waals surface area contributed by atoms with Gasteiger partial charge in [-0.25, -0.2) is 0 Å². The standard InChI is InChI=1S/C28H32BrN3O5/c1-2-19(16-33)32-24(26(35)31-15-18-11-7-4-8-12-18)28-13-20(29)23(37-28)21(22(28)27(32)36)25(34)30-14-17-9-5-3-6-10-17/h3-12,19-24,33H,2,13-16H2,1H3,(H,30,34)(H,31,35)/t19-,20?,21-,22-,23-,24?,28?/m0/s1. The third-order valence-electron chi connectivity index (χ3n) is 7.97. The monoisotopic (exact) mass is 569 g/mol. The summed E-state index contributed by atoms with van der Waals surface area (Å²) >= 11 is 3.68. The number of hydrogen-bond acceptors (Lipinski definition) is 5. The summed E-state index contributed by atoms with van der Waals surface area (Å²) in [6.07, 6.45) is 0.378. The molecule has 0 aromatic heterocycles. The van der Waals surface area contributed by atoms with E-state index in [2.05, 4.69) is 26.6 Å². The van der Waals surface area contributed by atoms with Gasteiger partial charge in [-0.3, -0.25) is 14.4 Å². The number of benzene rings is 2. The lowest BCUT2D eigenvalue weighted by atomic mass is 9.70. The van der Waals surface area contributed by atoms with E-state index in [1.165, 1.54) is 4.90 Å². The second kappa shape index (κ2) is 10.6. The molecule has 3 aliphatic rings. The van der Waals surface area contributed by atoms with Crippen LogP contribution in [0.2, 0.25) is 0 Å². The summed E-state index contributed by atoms with van der Waals surface area (Å²) < 4.78 is 6.49. The molecule has 0 saturated carbocycles. The number of rotatable bonds is 9. The molecule has 3 saturated heterocycles. The number of likely N-dealkylation sites (tertiary alicyclic amines) is 1. The predicted molar refractivity (Wildman–Crippen MR) is 140 cm³/mol. The number of hydrogen-bond donors (Lipinski definition) is 3. The van der Waals surface area contributed by atoms with Crippen LogP contribution in [0.1, 0.15) is 30.9 Å². The molecule has 3 fully saturated rings. The molecule has 37 heavy (non-hydrogen) atoms. The number of alkyl halides is 1. The minimum atomic E-state index is -1.14. The minimum absolute atomic E-state index is 0.178. The summed E-state index contributed by atoms with van der Waals surface area (Å²) in [6.45, 7) is 2.23. The van der Waals surface area contributed by atoms with Gasteiger partial charge in [-0.2, -0.15) is 0 Å². The molecule has 0 radical (unpaired) electrons. The number of carbonyl (C=O) groups excluding carboxylic acids is 3. The number of halogens is 1. The zero-order valence-corrected chi connectivity index (χ0v) is 22.3. The number of nitrogens with one attached hydrogen (secondary N) is 2. The van der Waals surface area contributed by atoms with Gasteiger partial charge in [-0.15, -0.1) is 0 Å². The summed E-state index contributed by atoms with van der Waals surface area (Å²) in [4.78, 5) is 42.5. The van der Waals surface area contributed by atoms with Crippen molar-refractivity contribution in [1.29, 1.82) is 0 Å². The first-order chi connectivity index (χ1) is 17.9. The molecule has 7 atom stereocenters. The predicted octanol–water partition coefficient (Wildman–Crippen LogP) is 2.14. The second-order valence-corrected chi connectivity index (χ2v) is 11.2. The van der Waals surface area contributed by atoms with Gasteiger partial charge in [0, 0.05) is 17.9 Å². The summed E-state index contributed by atoms with van der Waals surface area (Å²) in [5.41, 5.74) is 0.741. The van der Waals surface area contributed by atoms with Gasteiger partial charge in [0.1, 0.15) is 11.6 Å². The Morgan fingerprint density at radius 3 is 2.16 bits per heavy atom. The van der Waals surface area contributed by atoms with Crippen LogP contribution in [-0.2, 0) is 32.2 Å². The summed E-state index contributed by atoms with van der Waals surface area (Å²) in [7, 11) is 0. The molecule has 9 heteroatoms. The molecule has 3 amide bonds. The molecule has 8 nitrogen and oxygen atoms in total. The maximum Gasteiger partial charge on any atom is 0.246 e. The first-order valence-electron chi connectivity index (χ1n) is 12.8. The maximum absolute atomic E-state index is 14.0. The van der Waals surface area contributed by atoms with Crippen LogP contribution < -0.4 is 10.6 Å². The first-order valence-corrected chi connectivity index (χ1v) is 13.7. The Balaban J connectivity index is 1.44. The molecule has 3 unspecified atom stereocenters. The number of ether oxygens (including phenoxy) is 1. The Kier molecular flexibility index (Phi) is 7.38. The highest BCUT2D eigenvalue weighted by Crippen LogP contribution is 2.60. The smallest absolute Gasteiger partial charge is 0.246 e. The quantitative estimate of drug-likeness (QED) is 0.401. The Morgan fingerprint density at radius 1 is 1.05 bits per heavy atom. The molecule has 2 aromatic rings. The van der Waals surface area contributed by atoms with Crippen LogP contribution >= 0.6 is 15.9 Å². The van der Waals surface area contributed by atoms with Gasteiger partial charge < -0.3 is 25.4 Å². The number of amides is 3. The van der Waals surface area contributed by atoms with Crippen molar-refractivity contribution >= 4 is 33.7 Å². The Hall–Kier alpha value is -2.75. The molecule has 3 N–H and O–H groups in total. The van der Waals surface area contributed by atoms with Crippen LogP contribution in [0.25, 0.3) is 0 Å². The van der Waals surface area contributed by atoms with Crippen molar-refractivity contribution in [3.05, 3.63) is 71.8 Å². The summed E-state index contributed by atoms with van der Waals surface area (Å²) in [5, 5.41) is 16.1. The highest BCUT2D eigenvalue weighted by Gasteiger charge is 2.76. The number of fused-ring (bicyclic) bond motifs is 1. The van der Waals surface area contributed by atoms with Gasteiger partial charge in [0.15, 0.2) is 0 Å². The average Bonchev–Trinajstić information content (AvgIpc) is 3.51. The van der Waals surface area contributed by atoms with Crippen molar-refractivity contribution in [2.45, 2.75) is 61.5 Å². The van der Waals surface area contributed by atoms with E-state index in [9.17, 15) is 19.5 Å². The van der Waals surface area contributed by atoms with Crippen LogP contribution in [0.4, 0.5) is 0 Å². The zero-order valence-electron chi connectivity index (χ0n) is 20.7. The Labute approximate surface area is 224 Å². The lowest BCUT2D eigenvalue weighted by molar-refractivity contribution is -0.145. The van der Waals surface area contributed by atoms with Crippen molar-refractivity contribution in [3.8, 4) is 0 Å². The molecule has 2 bridgehead atoms. The highest BCUT2D eigenvalue weighted by atomic mass is 79.9. The van der Waals surface area contributed by atoms with Crippen molar-refractivity contribution in [2.75, 3.05) is 6.61 Å². The van der Waals surface area contributed by atoms with E-state index < -0.39 is 35.6 Å². The fourth-order valence-electron chi connectivity index (χ4n) is 6.26. The second-order valence-electron chi connectivity index (χ2n) is 10.1. The fraction of sp³-hybridized carbons (Fsp3) is 0.464. The normalized spacial score (nSPS) is 30.7. The van der Waals surface area contributed by atoms with E-state index in [4.69, 9.17) is 4.74 Å². The minimum Gasteiger partial charge on any atom is -0.394 e. The van der Waals surface area contributed by atoms with E-state index in [1.807, 2.05) is 67.6 Å². The molecule has 0 aliphatic carbocycles. The molecule has 2 aromatic carbocycles. The van der Waals surface area contributed by atoms with Gasteiger partial charge in [-0.1, -0.05) is 83.5 Å². The van der Waals surface area contributed by atoms with E-state index in [-0.39, 0.29) is 29.2 Å². The van der Waals surface area contributed by atoms with Crippen molar-refractivity contribution < 1.29 is 24.2 Å². The Morgan fingerprint density at radius 2 is 1.62 bits per heavy atom. The highest BCUT2D eigenvalue weighted by molar-refractivity contribution is 9.09. The van der Waals surface area contributed by atoms with Crippen molar-refractivity contribution in [1.82, 2.24) is 15.5 Å². The molecule has 196 valence electrons. The molecular formula is C28H32BrN3O5. The van der Waals surface area contributed by atoms with Gasteiger partial charge >= 0.3 is 0 Å². The van der Waals surface area contributed by atoms with E-state index in [1.54, 1.807) is 0 Å². The van der Waals surface area contributed by atoms with Crippen molar-refractivity contribution in [3.63, 3.8) is 0 Å². The van der Waals surface area contributed by atoms with Crippen LogP contribution in [0.5, 0.6) is 0 Å². The first kappa shape index (κ1) is 25.9. The molecule has 3 heterocycles. The Bertz CT molecular complexity index is 1150. The maximum atomic E-state index is 14.0. The average molecular weight is 570 g/mol. The topological polar surface area (TPSA) is 108 Å². The van der Waals surface area contributed by atoms with Crippen LogP contribution in [0.15, 0.2) is 60.7 Å². The molecule has 5 rings (SSSR count). The number of nitrogens with zero attached hydrogens (tertiary/aromatic N) is 1. The van der Waals surface area contributed by atoms with Crippen LogP contribution in [0, 0.1) is 11.8 Å². The number of aliphatic hydroxyl groups is 1. The number of carbonyl (C=O) groups is 3. The van der Waals surface area contributed by atoms with Gasteiger partial charge in [-0.05, 0) is 24.0 Å². The summed E-state index contributed by atoms with van der Waals surface area (Å²) in [6, 6.07) is 17.6. The summed E-state index contributed by atoms with van der Waals surface area (Å²) in [5.74, 6) is -2.43. The van der Waals surface area contributed by atoms with E-state index >= 15 is 0 Å². The third-order valence-corrected chi connectivity index (χ3v) is 8.82. The molecule has 1 spiro atoms. The van der Waals surface area contributed by atoms with Gasteiger partial charge in [0.05, 0.1) is 30.6 Å². The fourth-order valence-corrected chi connectivity index (χ4v) is 7.20. The molecule has 3 aliphatic heterocycles. The van der Waals surface area contributed by atoms with Gasteiger partial charge in [0.2, 0.25) is 17.7 Å². The lowest BCUT2D eigenvalue weighted by Gasteiger charge is -2.36. The SMILES string of the molecule is CC[C@@H](CO)N1C(=O)[C@@H]2[C@H](C(=O)NCc3ccccc3)[C@H]3OC2(CC3Br)C1C(=O)NCc1ccccc1. The van der Waals surface area contributed by atoms with Crippen LogP contribution in [0.3, 0.4) is 0 Å². The zero-order chi connectivity index (χ0) is 26.2. The van der Waals surface area contributed by atoms with E-state index in [0.29, 0.717) is 25.9 Å². The lowest BCUT2D eigenvalue weighted by Crippen LogP contribution is -2.58. The largest absolute Gasteiger partial charge is 0.394 e. The van der Waals surface area contributed by atoms with Crippen molar-refractivity contribution in [2.24, 2.45) is 11.8 Å². The molecular weight excluding hydrogens is 538 g/mol. The van der Waals surface area contributed by atoms with Crippen LogP contribution in [-0.4, -0.2) is 63.0 Å². The van der Waals surface area contributed by atoms with E-state index in [0.717, 1.165) is 11.1 Å². The third kappa shape index (κ3) is 4.47. The van der Waals surface area contributed by atoms with Gasteiger partial charge in [0.25, 0.3) is 0 Å². The number of aliphatic hydroxyl groups excluding tert-OH is 1.